The van der Waals surface area contributed by atoms with Crippen molar-refractivity contribution < 1.29 is 8.78 Å². The summed E-state index contributed by atoms with van der Waals surface area (Å²) in [5, 5.41) is 0.699. The molecule has 0 radical (unpaired) electrons. The summed E-state index contributed by atoms with van der Waals surface area (Å²) in [5.74, 6) is 4.48. The summed E-state index contributed by atoms with van der Waals surface area (Å²) in [6.07, 6.45) is 13.8. The van der Waals surface area contributed by atoms with Crippen LogP contribution in [0.25, 0.3) is 0 Å². The third kappa shape index (κ3) is 40.3. The van der Waals surface area contributed by atoms with Crippen molar-refractivity contribution in [1.29, 1.82) is 0 Å². The number of aryl methyl sites for hydroxylation is 6. The van der Waals surface area contributed by atoms with E-state index in [1.54, 1.807) is 12.3 Å². The van der Waals surface area contributed by atoms with Gasteiger partial charge in [-0.1, -0.05) is 186 Å². The zero-order valence-corrected chi connectivity index (χ0v) is 65.5. The molecule has 0 aliphatic rings. The van der Waals surface area contributed by atoms with E-state index in [2.05, 4.69) is 249 Å². The lowest BCUT2D eigenvalue weighted by Crippen LogP contribution is -1.94. The lowest BCUT2D eigenvalue weighted by Gasteiger charge is -2.05. The van der Waals surface area contributed by atoms with Gasteiger partial charge in [0.2, 0.25) is 0 Å². The Kier molecular flexibility index (Phi) is 44.1. The number of nitrogens with zero attached hydrogens (tertiary/aromatic N) is 10. The maximum atomic E-state index is 12.5. The molecule has 10 heterocycles. The van der Waals surface area contributed by atoms with Crippen molar-refractivity contribution in [1.82, 2.24) is 49.8 Å². The molecule has 0 aliphatic heterocycles. The van der Waals surface area contributed by atoms with Gasteiger partial charge in [0.05, 0.1) is 11.2 Å². The molecule has 0 spiro atoms. The lowest BCUT2D eigenvalue weighted by atomic mass is 10.1. The van der Waals surface area contributed by atoms with Gasteiger partial charge >= 0.3 is 0 Å². The minimum absolute atomic E-state index is 0.210. The third-order valence-electron chi connectivity index (χ3n) is 14.5. The third-order valence-corrected chi connectivity index (χ3v) is 14.7. The van der Waals surface area contributed by atoms with Crippen LogP contribution in [0.3, 0.4) is 0 Å². The van der Waals surface area contributed by atoms with E-state index in [1.807, 2.05) is 127 Å². The average Bonchev–Trinajstić information content (AvgIpc) is 1.40. The maximum absolute atomic E-state index is 12.5. The van der Waals surface area contributed by atoms with E-state index in [0.717, 1.165) is 34.2 Å². The molecular formula is C86H119ClF2N10. The summed E-state index contributed by atoms with van der Waals surface area (Å²) in [5.41, 5.74) is 18.3. The molecule has 0 fully saturated rings. The highest BCUT2D eigenvalue weighted by Crippen LogP contribution is 2.19. The van der Waals surface area contributed by atoms with Gasteiger partial charge < -0.3 is 0 Å². The van der Waals surface area contributed by atoms with Crippen molar-refractivity contribution in [2.45, 2.75) is 239 Å². The topological polar surface area (TPSA) is 129 Å². The van der Waals surface area contributed by atoms with Gasteiger partial charge in [0.25, 0.3) is 0 Å². The molecule has 0 bridgehead atoms. The smallest absolute Gasteiger partial charge is 0.141 e. The Morgan fingerprint density at radius 1 is 0.263 bits per heavy atom. The number of aromatic nitrogens is 10. The Morgan fingerprint density at radius 3 is 0.919 bits per heavy atom. The second kappa shape index (κ2) is 49.2. The fourth-order valence-corrected chi connectivity index (χ4v) is 8.41. The van der Waals surface area contributed by atoms with Gasteiger partial charge in [0.15, 0.2) is 0 Å². The Balaban J connectivity index is 0.000000550. The monoisotopic (exact) mass is 1360 g/mol. The van der Waals surface area contributed by atoms with Crippen LogP contribution in [0.1, 0.15) is 288 Å². The molecule has 0 saturated heterocycles. The second-order valence-electron chi connectivity index (χ2n) is 27.4. The Labute approximate surface area is 602 Å². The van der Waals surface area contributed by atoms with Crippen molar-refractivity contribution in [3.05, 3.63) is 296 Å². The van der Waals surface area contributed by atoms with Gasteiger partial charge in [-0.2, -0.15) is 0 Å². The fourth-order valence-electron chi connectivity index (χ4n) is 8.30. The molecule has 0 saturated carbocycles. The van der Waals surface area contributed by atoms with Crippen LogP contribution in [0.15, 0.2) is 189 Å². The predicted octanol–water partition coefficient (Wildman–Crippen LogP) is 24.8. The van der Waals surface area contributed by atoms with Crippen molar-refractivity contribution >= 4 is 11.6 Å². The van der Waals surface area contributed by atoms with Crippen LogP contribution in [-0.2, 0) is 0 Å². The summed E-state index contributed by atoms with van der Waals surface area (Å²) in [6, 6.07) is 44.6. The van der Waals surface area contributed by atoms with Gasteiger partial charge in [0.1, 0.15) is 11.6 Å². The summed E-state index contributed by atoms with van der Waals surface area (Å²) in [7, 11) is 0. The number of halogens is 3. The SMILES string of the molecule is CC(C)c1cc(F)ccn1.CC(C)c1ccc(Cl)cn1.CC(C)c1ccc(F)cn1.CC(C)c1ccccn1.Cc1ccc(C(C)C)nc1.Cc1ccc(C(C)C)nc1.Cc1cccc(C(C)C)n1.Cc1cccc(C(C)C)n1.Cc1cccnc1C(C)C.Cc1ccnc(C(C)C)c1. The summed E-state index contributed by atoms with van der Waals surface area (Å²) < 4.78 is 24.8. The highest BCUT2D eigenvalue weighted by Gasteiger charge is 2.06. The molecular weight excluding hydrogens is 1250 g/mol. The minimum atomic E-state index is -0.274. The number of hydrogen-bond acceptors (Lipinski definition) is 10. The van der Waals surface area contributed by atoms with Crippen LogP contribution < -0.4 is 0 Å². The molecule has 0 atom stereocenters. The van der Waals surface area contributed by atoms with Crippen LogP contribution in [0.5, 0.6) is 0 Å². The van der Waals surface area contributed by atoms with Gasteiger partial charge in [-0.3, -0.25) is 49.8 Å². The van der Waals surface area contributed by atoms with Crippen LogP contribution >= 0.6 is 11.6 Å². The summed E-state index contributed by atoms with van der Waals surface area (Å²) in [4.78, 5) is 42.0. The first kappa shape index (κ1) is 88.7. The van der Waals surface area contributed by atoms with Crippen molar-refractivity contribution in [2.24, 2.45) is 0 Å². The van der Waals surface area contributed by atoms with Crippen molar-refractivity contribution in [3.63, 3.8) is 0 Å². The molecule has 0 unspecified atom stereocenters. The van der Waals surface area contributed by atoms with Gasteiger partial charge in [-0.15, -0.1) is 0 Å². The molecule has 10 aromatic rings. The highest BCUT2D eigenvalue weighted by atomic mass is 35.5. The van der Waals surface area contributed by atoms with Crippen LogP contribution in [0, 0.1) is 53.2 Å². The number of hydrogen-bond donors (Lipinski definition) is 0. The maximum Gasteiger partial charge on any atom is 0.141 e. The Morgan fingerprint density at radius 2 is 0.636 bits per heavy atom. The molecule has 0 aliphatic carbocycles. The van der Waals surface area contributed by atoms with E-state index in [4.69, 9.17) is 11.6 Å². The van der Waals surface area contributed by atoms with E-state index in [9.17, 15) is 8.78 Å². The van der Waals surface area contributed by atoms with E-state index >= 15 is 0 Å². The van der Waals surface area contributed by atoms with Crippen LogP contribution in [0.4, 0.5) is 8.78 Å². The van der Waals surface area contributed by atoms with Crippen LogP contribution in [0.2, 0.25) is 5.02 Å². The fraction of sp³-hybridized carbons (Fsp3) is 0.419. The Hall–Kier alpha value is -8.35. The quantitative estimate of drug-likeness (QED) is 0.130. The summed E-state index contributed by atoms with van der Waals surface area (Å²) >= 11 is 5.65. The Bertz CT molecular complexity index is 3290. The van der Waals surface area contributed by atoms with E-state index in [-0.39, 0.29) is 11.6 Å². The molecule has 13 heteroatoms. The van der Waals surface area contributed by atoms with E-state index in [1.165, 1.54) is 87.0 Å². The first-order valence-electron chi connectivity index (χ1n) is 34.9. The van der Waals surface area contributed by atoms with Crippen molar-refractivity contribution in [2.75, 3.05) is 0 Å². The van der Waals surface area contributed by atoms with Gasteiger partial charge in [-0.05, 0) is 226 Å². The molecule has 10 rings (SSSR count). The largest absolute Gasteiger partial charge is 0.261 e. The van der Waals surface area contributed by atoms with Gasteiger partial charge in [-0.25, -0.2) is 8.78 Å². The number of pyridine rings is 10. The van der Waals surface area contributed by atoms with E-state index in [0.29, 0.717) is 64.2 Å². The average molecular weight is 1370 g/mol. The van der Waals surface area contributed by atoms with Crippen LogP contribution in [-0.4, -0.2) is 49.8 Å². The minimum Gasteiger partial charge on any atom is -0.261 e. The number of rotatable bonds is 10. The standard InChI is InChI=1S/6C9H13N.C8H10ClN.2C8H10FN.C8H11N/c1-7(2)9-6-8(3)4-5-10-9;2*1-7(2)9-5-4-8(3)6-10-9;1-7(2)9-8(3)5-4-6-10-9;2*1-7(2)9-6-4-5-8(3)10-9;1-6(2)8-4-3-7(9)5-10-8;1-6(2)8-5-7(9)3-4-10-8;1-6(2)8-4-3-7(9)5-10-8;1-7(2)8-5-3-4-6-9-8/h6*4-7H,1-3H3;3*3-6H,1-2H3;3-7H,1-2H3. The highest BCUT2D eigenvalue weighted by molar-refractivity contribution is 6.30. The van der Waals surface area contributed by atoms with Crippen molar-refractivity contribution in [3.8, 4) is 0 Å². The van der Waals surface area contributed by atoms with Gasteiger partial charge in [0, 0.05) is 112 Å². The zero-order chi connectivity index (χ0) is 74.7. The molecule has 0 amide bonds. The molecule has 10 aromatic heterocycles. The second-order valence-corrected chi connectivity index (χ2v) is 27.8. The van der Waals surface area contributed by atoms with E-state index < -0.39 is 0 Å². The lowest BCUT2D eigenvalue weighted by molar-refractivity contribution is 0.617. The molecule has 0 aromatic carbocycles. The molecule has 99 heavy (non-hydrogen) atoms. The first-order chi connectivity index (χ1) is 46.6. The zero-order valence-electron chi connectivity index (χ0n) is 64.8. The predicted molar refractivity (Wildman–Crippen MR) is 417 cm³/mol. The summed E-state index contributed by atoms with van der Waals surface area (Å²) in [6.45, 7) is 54.7. The first-order valence-corrected chi connectivity index (χ1v) is 35.3. The normalized spacial score (nSPS) is 10.4. The molecule has 0 N–H and O–H groups in total. The molecule has 10 nitrogen and oxygen atoms in total. The molecule has 534 valence electrons.